The molecule has 0 atom stereocenters. The molecule has 0 aliphatic rings. The molecule has 0 saturated heterocycles. The van der Waals surface area contributed by atoms with Crippen LogP contribution in [0.1, 0.15) is 5.56 Å². The number of carbonyl (C=O) groups excluding carboxylic acids is 1. The molecule has 7 heteroatoms. The molecule has 2 rings (SSSR count). The lowest BCUT2D eigenvalue weighted by molar-refractivity contribution is -0.113. The van der Waals surface area contributed by atoms with E-state index in [1.165, 1.54) is 17.3 Å². The number of benzene rings is 2. The Hall–Kier alpha value is -1.99. The van der Waals surface area contributed by atoms with Crippen LogP contribution in [0.15, 0.2) is 53.4 Å². The second-order valence-electron chi connectivity index (χ2n) is 5.10. The van der Waals surface area contributed by atoms with Gasteiger partial charge in [-0.05, 0) is 43.3 Å². The minimum Gasteiger partial charge on any atom is -0.325 e. The summed E-state index contributed by atoms with van der Waals surface area (Å²) < 4.78 is 24.6. The van der Waals surface area contributed by atoms with Crippen LogP contribution in [0.4, 0.5) is 11.4 Å². The minimum absolute atomic E-state index is 0.112. The number of amides is 1. The van der Waals surface area contributed by atoms with Gasteiger partial charge in [-0.3, -0.25) is 9.52 Å². The van der Waals surface area contributed by atoms with E-state index in [1.807, 2.05) is 31.2 Å². The molecule has 122 valence electrons. The average Bonchev–Trinajstić information content (AvgIpc) is 2.47. The topological polar surface area (TPSA) is 75.3 Å². The lowest BCUT2D eigenvalue weighted by atomic mass is 10.2. The first kappa shape index (κ1) is 17.4. The monoisotopic (exact) mass is 350 g/mol. The summed E-state index contributed by atoms with van der Waals surface area (Å²) >= 11 is 1.46. The highest BCUT2D eigenvalue weighted by molar-refractivity contribution is 8.00. The number of anilines is 2. The van der Waals surface area contributed by atoms with Gasteiger partial charge in [0.1, 0.15) is 0 Å². The van der Waals surface area contributed by atoms with Crippen molar-refractivity contribution >= 4 is 39.1 Å². The third-order valence-electron chi connectivity index (χ3n) is 2.86. The van der Waals surface area contributed by atoms with Crippen LogP contribution >= 0.6 is 11.8 Å². The fourth-order valence-corrected chi connectivity index (χ4v) is 3.08. The molecule has 0 fully saturated rings. The lowest BCUT2D eigenvalue weighted by Gasteiger charge is -2.07. The third-order valence-corrected chi connectivity index (χ3v) is 4.48. The summed E-state index contributed by atoms with van der Waals surface area (Å²) in [6, 6.07) is 14.5. The highest BCUT2D eigenvalue weighted by atomic mass is 32.2. The van der Waals surface area contributed by atoms with Crippen LogP contribution in [0, 0.1) is 6.92 Å². The molecule has 0 unspecified atom stereocenters. The largest absolute Gasteiger partial charge is 0.325 e. The van der Waals surface area contributed by atoms with Crippen molar-refractivity contribution in [1.82, 2.24) is 0 Å². The highest BCUT2D eigenvalue weighted by Gasteiger charge is 2.05. The highest BCUT2D eigenvalue weighted by Crippen LogP contribution is 2.19. The van der Waals surface area contributed by atoms with Gasteiger partial charge < -0.3 is 5.32 Å². The number of sulfonamides is 1. The maximum Gasteiger partial charge on any atom is 0.234 e. The summed E-state index contributed by atoms with van der Waals surface area (Å²) in [7, 11) is -3.30. The van der Waals surface area contributed by atoms with Crippen LogP contribution in [0.3, 0.4) is 0 Å². The molecule has 2 N–H and O–H groups in total. The summed E-state index contributed by atoms with van der Waals surface area (Å²) in [4.78, 5) is 13.0. The van der Waals surface area contributed by atoms with Crippen molar-refractivity contribution in [3.63, 3.8) is 0 Å². The molecule has 5 nitrogen and oxygen atoms in total. The first-order chi connectivity index (χ1) is 10.8. The van der Waals surface area contributed by atoms with Crippen LogP contribution in [0.2, 0.25) is 0 Å². The van der Waals surface area contributed by atoms with Gasteiger partial charge in [0.05, 0.1) is 12.0 Å². The fourth-order valence-electron chi connectivity index (χ4n) is 1.82. The van der Waals surface area contributed by atoms with E-state index in [0.717, 1.165) is 11.2 Å². The molecule has 23 heavy (non-hydrogen) atoms. The molecule has 0 heterocycles. The summed E-state index contributed by atoms with van der Waals surface area (Å²) in [6.45, 7) is 2.02. The number of rotatable bonds is 6. The summed E-state index contributed by atoms with van der Waals surface area (Å²) in [5, 5.41) is 2.78. The maximum atomic E-state index is 11.9. The van der Waals surface area contributed by atoms with Crippen LogP contribution in [0.5, 0.6) is 0 Å². The lowest BCUT2D eigenvalue weighted by Crippen LogP contribution is -2.14. The average molecular weight is 350 g/mol. The first-order valence-electron chi connectivity index (χ1n) is 6.89. The zero-order chi connectivity index (χ0) is 16.9. The van der Waals surface area contributed by atoms with Crippen LogP contribution in [-0.4, -0.2) is 26.3 Å². The van der Waals surface area contributed by atoms with E-state index in [9.17, 15) is 13.2 Å². The Balaban J connectivity index is 1.86. The van der Waals surface area contributed by atoms with Gasteiger partial charge in [-0.1, -0.05) is 17.7 Å². The molecule has 1 amide bonds. The summed E-state index contributed by atoms with van der Waals surface area (Å²) in [5.74, 6) is 0.200. The smallest absolute Gasteiger partial charge is 0.234 e. The molecule has 2 aromatic rings. The van der Waals surface area contributed by atoms with E-state index in [2.05, 4.69) is 10.0 Å². The molecule has 2 aromatic carbocycles. The van der Waals surface area contributed by atoms with Crippen molar-refractivity contribution in [3.8, 4) is 0 Å². The van der Waals surface area contributed by atoms with Gasteiger partial charge in [0, 0.05) is 16.3 Å². The zero-order valence-electron chi connectivity index (χ0n) is 12.9. The van der Waals surface area contributed by atoms with Gasteiger partial charge in [-0.2, -0.15) is 0 Å². The van der Waals surface area contributed by atoms with Gasteiger partial charge in [-0.15, -0.1) is 11.8 Å². The number of nitrogens with one attached hydrogen (secondary N) is 2. The van der Waals surface area contributed by atoms with Crippen molar-refractivity contribution < 1.29 is 13.2 Å². The Morgan fingerprint density at radius 2 is 1.57 bits per heavy atom. The Morgan fingerprint density at radius 1 is 1.00 bits per heavy atom. The molecule has 0 bridgehead atoms. The number of aryl methyl sites for hydroxylation is 1. The zero-order valence-corrected chi connectivity index (χ0v) is 14.5. The van der Waals surface area contributed by atoms with Crippen LogP contribution in [0.25, 0.3) is 0 Å². The SMILES string of the molecule is Cc1ccc(SCC(=O)Nc2ccc(NS(C)(=O)=O)cc2)cc1. The fraction of sp³-hybridized carbons (Fsp3) is 0.188. The van der Waals surface area contributed by atoms with Gasteiger partial charge >= 0.3 is 0 Å². The molecule has 0 aliphatic carbocycles. The minimum atomic E-state index is -3.30. The van der Waals surface area contributed by atoms with Gasteiger partial charge in [0.2, 0.25) is 15.9 Å². The number of hydrogen-bond acceptors (Lipinski definition) is 4. The maximum absolute atomic E-state index is 11.9. The molecule has 0 radical (unpaired) electrons. The quantitative estimate of drug-likeness (QED) is 0.785. The number of carbonyl (C=O) groups is 1. The van der Waals surface area contributed by atoms with Crippen molar-refractivity contribution in [3.05, 3.63) is 54.1 Å². The first-order valence-corrected chi connectivity index (χ1v) is 9.77. The summed E-state index contributed by atoms with van der Waals surface area (Å²) in [6.07, 6.45) is 1.09. The molecule has 0 spiro atoms. The summed E-state index contributed by atoms with van der Waals surface area (Å²) in [5.41, 5.74) is 2.26. The Bertz CT molecular complexity index is 770. The van der Waals surface area contributed by atoms with Crippen molar-refractivity contribution in [2.75, 3.05) is 22.0 Å². The third kappa shape index (κ3) is 6.33. The number of thioether (sulfide) groups is 1. The predicted octanol–water partition coefficient (Wildman–Crippen LogP) is 3.10. The van der Waals surface area contributed by atoms with Gasteiger partial charge in [-0.25, -0.2) is 8.42 Å². The van der Waals surface area contributed by atoms with Crippen molar-refractivity contribution in [1.29, 1.82) is 0 Å². The van der Waals surface area contributed by atoms with E-state index in [0.29, 0.717) is 17.1 Å². The van der Waals surface area contributed by atoms with Gasteiger partial charge in [0.15, 0.2) is 0 Å². The Kier molecular flexibility index (Phi) is 5.68. The van der Waals surface area contributed by atoms with E-state index in [4.69, 9.17) is 0 Å². The van der Waals surface area contributed by atoms with Gasteiger partial charge in [0.25, 0.3) is 0 Å². The second kappa shape index (κ2) is 7.52. The Labute approximate surface area is 140 Å². The Morgan fingerprint density at radius 3 is 2.13 bits per heavy atom. The molecular weight excluding hydrogens is 332 g/mol. The van der Waals surface area contributed by atoms with Crippen molar-refractivity contribution in [2.45, 2.75) is 11.8 Å². The van der Waals surface area contributed by atoms with E-state index in [-0.39, 0.29) is 5.91 Å². The molecule has 0 aliphatic heterocycles. The predicted molar refractivity (Wildman–Crippen MR) is 95.4 cm³/mol. The number of hydrogen-bond donors (Lipinski definition) is 2. The van der Waals surface area contributed by atoms with E-state index < -0.39 is 10.0 Å². The normalized spacial score (nSPS) is 11.0. The molecule has 0 aromatic heterocycles. The van der Waals surface area contributed by atoms with E-state index in [1.54, 1.807) is 24.3 Å². The van der Waals surface area contributed by atoms with E-state index >= 15 is 0 Å². The molecule has 0 saturated carbocycles. The van der Waals surface area contributed by atoms with Crippen LogP contribution in [-0.2, 0) is 14.8 Å². The van der Waals surface area contributed by atoms with Crippen LogP contribution < -0.4 is 10.0 Å². The molecular formula is C16H18N2O3S2. The second-order valence-corrected chi connectivity index (χ2v) is 7.90. The van der Waals surface area contributed by atoms with Crippen molar-refractivity contribution in [2.24, 2.45) is 0 Å². The standard InChI is InChI=1S/C16H18N2O3S2/c1-12-3-9-15(10-4-12)22-11-16(19)17-13-5-7-14(8-6-13)18-23(2,20)21/h3-10,18H,11H2,1-2H3,(H,17,19).